The molecule has 5 nitrogen and oxygen atoms in total. The second kappa shape index (κ2) is 7.55. The summed E-state index contributed by atoms with van der Waals surface area (Å²) in [6.45, 7) is 2.26. The van der Waals surface area contributed by atoms with Crippen molar-refractivity contribution in [3.8, 4) is 0 Å². The molecule has 6 heteroatoms. The number of carbonyl (C=O) groups excluding carboxylic acids is 1. The Morgan fingerprint density at radius 3 is 2.74 bits per heavy atom. The molecule has 122 valence electrons. The Morgan fingerprint density at radius 1 is 1.30 bits per heavy atom. The first-order valence-electron chi connectivity index (χ1n) is 8.06. The van der Waals surface area contributed by atoms with Gasteiger partial charge in [-0.05, 0) is 37.3 Å². The van der Waals surface area contributed by atoms with Crippen LogP contribution in [0.5, 0.6) is 0 Å². The van der Waals surface area contributed by atoms with Gasteiger partial charge >= 0.3 is 5.97 Å². The Hall–Kier alpha value is -1.95. The number of rotatable bonds is 7. The van der Waals surface area contributed by atoms with Gasteiger partial charge < -0.3 is 10.1 Å². The molecule has 0 saturated heterocycles. The lowest BCUT2D eigenvalue weighted by Gasteiger charge is -2.09. The highest BCUT2D eigenvalue weighted by Gasteiger charge is 2.21. The Kier molecular flexibility index (Phi) is 5.23. The number of nitrogens with one attached hydrogen (secondary N) is 1. The van der Waals surface area contributed by atoms with Crippen LogP contribution in [0.3, 0.4) is 0 Å². The smallest absolute Gasteiger partial charge is 0.305 e. The normalized spacial score (nSPS) is 13.8. The van der Waals surface area contributed by atoms with E-state index in [9.17, 15) is 4.79 Å². The number of hydrogen-bond acceptors (Lipinski definition) is 6. The minimum Gasteiger partial charge on any atom is -0.466 e. The molecule has 1 aromatic carbocycles. The largest absolute Gasteiger partial charge is 0.466 e. The Labute approximate surface area is 140 Å². The summed E-state index contributed by atoms with van der Waals surface area (Å²) >= 11 is 1.58. The van der Waals surface area contributed by atoms with Crippen LogP contribution in [-0.4, -0.2) is 28.8 Å². The lowest BCUT2D eigenvalue weighted by Crippen LogP contribution is -2.19. The highest BCUT2D eigenvalue weighted by Crippen LogP contribution is 2.26. The summed E-state index contributed by atoms with van der Waals surface area (Å²) in [5.41, 5.74) is 2.84. The molecule has 1 aromatic heterocycles. The maximum Gasteiger partial charge on any atom is 0.305 e. The van der Waals surface area contributed by atoms with Crippen molar-refractivity contribution < 1.29 is 9.53 Å². The van der Waals surface area contributed by atoms with E-state index in [1.54, 1.807) is 11.3 Å². The molecule has 0 fully saturated rings. The molecule has 23 heavy (non-hydrogen) atoms. The fourth-order valence-electron chi connectivity index (χ4n) is 2.87. The van der Waals surface area contributed by atoms with Crippen molar-refractivity contribution in [1.82, 2.24) is 10.2 Å². The molecule has 0 unspecified atom stereocenters. The number of ether oxygens (including phenoxy) is 1. The zero-order valence-corrected chi connectivity index (χ0v) is 14.1. The van der Waals surface area contributed by atoms with Crippen molar-refractivity contribution in [1.29, 1.82) is 0 Å². The van der Waals surface area contributed by atoms with Gasteiger partial charge in [-0.3, -0.25) is 4.79 Å². The van der Waals surface area contributed by atoms with E-state index in [1.165, 1.54) is 11.1 Å². The fraction of sp³-hybridized carbons (Fsp3) is 0.471. The van der Waals surface area contributed by atoms with Gasteiger partial charge in [-0.1, -0.05) is 35.6 Å². The van der Waals surface area contributed by atoms with Crippen molar-refractivity contribution in [3.05, 3.63) is 40.4 Å². The third-order valence-corrected chi connectivity index (χ3v) is 4.84. The van der Waals surface area contributed by atoms with Gasteiger partial charge in [0, 0.05) is 18.9 Å². The molecule has 1 aliphatic carbocycles. The molecule has 2 aromatic rings. The van der Waals surface area contributed by atoms with E-state index in [4.69, 9.17) is 4.74 Å². The number of aromatic nitrogens is 2. The molecule has 0 bridgehead atoms. The number of carbonyl (C=O) groups is 1. The summed E-state index contributed by atoms with van der Waals surface area (Å²) in [5, 5.41) is 13.7. The molecule has 3 rings (SSSR count). The molecule has 1 heterocycles. The van der Waals surface area contributed by atoms with Gasteiger partial charge in [0.05, 0.1) is 6.61 Å². The second-order valence-electron chi connectivity index (χ2n) is 5.68. The quantitative estimate of drug-likeness (QED) is 0.790. The average molecular weight is 331 g/mol. The third-order valence-electron chi connectivity index (χ3n) is 3.92. The molecular formula is C17H21N3O2S. The van der Waals surface area contributed by atoms with Gasteiger partial charge in [0.2, 0.25) is 5.13 Å². The fourth-order valence-corrected chi connectivity index (χ4v) is 3.72. The van der Waals surface area contributed by atoms with Crippen molar-refractivity contribution in [2.75, 3.05) is 11.9 Å². The van der Waals surface area contributed by atoms with E-state index >= 15 is 0 Å². The van der Waals surface area contributed by atoms with Crippen molar-refractivity contribution in [2.45, 2.75) is 45.1 Å². The number of nitrogens with zero attached hydrogens (tertiary/aromatic N) is 2. The van der Waals surface area contributed by atoms with Crippen molar-refractivity contribution >= 4 is 22.4 Å². The Balaban J connectivity index is 1.46. The highest BCUT2D eigenvalue weighted by atomic mass is 32.1. The maximum absolute atomic E-state index is 11.3. The summed E-state index contributed by atoms with van der Waals surface area (Å²) in [6.07, 6.45) is 4.03. The van der Waals surface area contributed by atoms with Crippen LogP contribution in [-0.2, 0) is 28.8 Å². The standard InChI is InChI=1S/C17H21N3O2S/c1-2-22-16(21)9-5-8-15-19-20-17(23-15)18-14-10-12-6-3-4-7-13(12)11-14/h3-4,6-7,14H,2,5,8-11H2,1H3,(H,18,20). The van der Waals surface area contributed by atoms with E-state index in [0.717, 1.165) is 35.8 Å². The summed E-state index contributed by atoms with van der Waals surface area (Å²) in [4.78, 5) is 11.3. The van der Waals surface area contributed by atoms with E-state index in [2.05, 4.69) is 39.8 Å². The number of fused-ring (bicyclic) bond motifs is 1. The molecular weight excluding hydrogens is 310 g/mol. The summed E-state index contributed by atoms with van der Waals surface area (Å²) < 4.78 is 4.92. The van der Waals surface area contributed by atoms with E-state index in [-0.39, 0.29) is 5.97 Å². The molecule has 0 radical (unpaired) electrons. The lowest BCUT2D eigenvalue weighted by molar-refractivity contribution is -0.143. The molecule has 0 spiro atoms. The molecule has 0 saturated carbocycles. The van der Waals surface area contributed by atoms with Crippen LogP contribution >= 0.6 is 11.3 Å². The molecule has 0 atom stereocenters. The van der Waals surface area contributed by atoms with Crippen LogP contribution in [0, 0.1) is 0 Å². The average Bonchev–Trinajstić information content (AvgIpc) is 3.14. The first-order valence-corrected chi connectivity index (χ1v) is 8.87. The number of anilines is 1. The second-order valence-corrected chi connectivity index (χ2v) is 6.74. The zero-order chi connectivity index (χ0) is 16.1. The van der Waals surface area contributed by atoms with Crippen LogP contribution in [0.1, 0.15) is 35.9 Å². The number of hydrogen-bond donors (Lipinski definition) is 1. The van der Waals surface area contributed by atoms with E-state index in [0.29, 0.717) is 19.1 Å². The molecule has 1 aliphatic rings. The van der Waals surface area contributed by atoms with Crippen LogP contribution < -0.4 is 5.32 Å². The van der Waals surface area contributed by atoms with Crippen LogP contribution in [0.4, 0.5) is 5.13 Å². The van der Waals surface area contributed by atoms with Gasteiger partial charge in [0.15, 0.2) is 0 Å². The Bertz CT molecular complexity index is 646. The van der Waals surface area contributed by atoms with Gasteiger partial charge in [0.25, 0.3) is 0 Å². The first-order chi connectivity index (χ1) is 11.2. The number of esters is 1. The predicted molar refractivity (Wildman–Crippen MR) is 90.7 cm³/mol. The maximum atomic E-state index is 11.3. The summed E-state index contributed by atoms with van der Waals surface area (Å²) in [6, 6.07) is 8.96. The summed E-state index contributed by atoms with van der Waals surface area (Å²) in [5.74, 6) is -0.140. The van der Waals surface area contributed by atoms with Gasteiger partial charge in [-0.2, -0.15) is 0 Å². The zero-order valence-electron chi connectivity index (χ0n) is 13.2. The van der Waals surface area contributed by atoms with Crippen LogP contribution in [0.25, 0.3) is 0 Å². The topological polar surface area (TPSA) is 64.1 Å². The molecule has 0 amide bonds. The van der Waals surface area contributed by atoms with E-state index in [1.807, 2.05) is 6.92 Å². The first kappa shape index (κ1) is 15.9. The van der Waals surface area contributed by atoms with Gasteiger partial charge in [-0.25, -0.2) is 0 Å². The monoisotopic (exact) mass is 331 g/mol. The summed E-state index contributed by atoms with van der Waals surface area (Å²) in [7, 11) is 0. The van der Waals surface area contributed by atoms with Crippen LogP contribution in [0.2, 0.25) is 0 Å². The third kappa shape index (κ3) is 4.28. The Morgan fingerprint density at radius 2 is 2.04 bits per heavy atom. The predicted octanol–water partition coefficient (Wildman–Crippen LogP) is 3.00. The van der Waals surface area contributed by atoms with E-state index < -0.39 is 0 Å². The van der Waals surface area contributed by atoms with Gasteiger partial charge in [0.1, 0.15) is 5.01 Å². The SMILES string of the molecule is CCOC(=O)CCCc1nnc(NC2Cc3ccccc3C2)s1. The van der Waals surface area contributed by atoms with Crippen molar-refractivity contribution in [3.63, 3.8) is 0 Å². The number of benzene rings is 1. The highest BCUT2D eigenvalue weighted by molar-refractivity contribution is 7.15. The minimum absolute atomic E-state index is 0.140. The van der Waals surface area contributed by atoms with Crippen LogP contribution in [0.15, 0.2) is 24.3 Å². The molecule has 0 aliphatic heterocycles. The molecule has 1 N–H and O–H groups in total. The lowest BCUT2D eigenvalue weighted by atomic mass is 10.1. The number of aryl methyl sites for hydroxylation is 1. The minimum atomic E-state index is -0.140. The van der Waals surface area contributed by atoms with Crippen molar-refractivity contribution in [2.24, 2.45) is 0 Å². The van der Waals surface area contributed by atoms with Gasteiger partial charge in [-0.15, -0.1) is 10.2 Å².